The number of halogens is 2. The first kappa shape index (κ1) is 16.8. The van der Waals surface area contributed by atoms with Crippen molar-refractivity contribution in [2.75, 3.05) is 0 Å². The molecule has 0 N–H and O–H groups in total. The normalized spacial score (nSPS) is 24.0. The molecule has 0 bridgehead atoms. The topological polar surface area (TPSA) is 39.2 Å². The molecule has 3 nitrogen and oxygen atoms in total. The van der Waals surface area contributed by atoms with Gasteiger partial charge in [0.05, 0.1) is 5.52 Å². The minimum absolute atomic E-state index is 0.109. The van der Waals surface area contributed by atoms with Crippen LogP contribution in [0.5, 0.6) is 0 Å². The monoisotopic (exact) mass is 333 g/mol. The third-order valence-electron chi connectivity index (χ3n) is 4.58. The van der Waals surface area contributed by atoms with Gasteiger partial charge in [-0.3, -0.25) is 9.78 Å². The van der Waals surface area contributed by atoms with Gasteiger partial charge in [-0.05, 0) is 55.0 Å². The highest BCUT2D eigenvalue weighted by Crippen LogP contribution is 2.43. The molecule has 0 saturated heterocycles. The number of carbonyl (C=O) groups is 1. The lowest BCUT2D eigenvalue weighted by atomic mass is 9.80. The van der Waals surface area contributed by atoms with Gasteiger partial charge < -0.3 is 4.74 Å². The summed E-state index contributed by atoms with van der Waals surface area (Å²) in [6, 6.07) is 6.24. The number of fused-ring (bicyclic) bond motifs is 1. The number of benzene rings is 1. The second-order valence-electron chi connectivity index (χ2n) is 6.46. The molecule has 5 heteroatoms. The van der Waals surface area contributed by atoms with E-state index in [1.165, 1.54) is 12.1 Å². The van der Waals surface area contributed by atoms with Gasteiger partial charge in [0.1, 0.15) is 5.82 Å². The lowest BCUT2D eigenvalue weighted by molar-refractivity contribution is -0.191. The lowest BCUT2D eigenvalue weighted by Crippen LogP contribution is -2.35. The summed E-state index contributed by atoms with van der Waals surface area (Å²) in [6.45, 7) is 1.85. The fourth-order valence-electron chi connectivity index (χ4n) is 3.50. The molecule has 128 valence electrons. The smallest absolute Gasteiger partial charge is 0.308 e. The van der Waals surface area contributed by atoms with Crippen LogP contribution in [0.2, 0.25) is 0 Å². The van der Waals surface area contributed by atoms with Gasteiger partial charge >= 0.3 is 5.97 Å². The Balaban J connectivity index is 1.87. The van der Waals surface area contributed by atoms with E-state index in [0.717, 1.165) is 12.0 Å². The molecule has 1 aliphatic carbocycles. The number of esters is 1. The molecular weight excluding hydrogens is 312 g/mol. The van der Waals surface area contributed by atoms with Gasteiger partial charge in [-0.15, -0.1) is 0 Å². The first-order valence-electron chi connectivity index (χ1n) is 8.46. The summed E-state index contributed by atoms with van der Waals surface area (Å²) in [5.41, 5.74) is 1.56. The van der Waals surface area contributed by atoms with Crippen LogP contribution in [0.4, 0.5) is 8.78 Å². The molecule has 0 spiro atoms. The number of nitrogens with zero attached hydrogens (tertiary/aromatic N) is 1. The Bertz CT molecular complexity index is 749. The number of alkyl halides is 1. The van der Waals surface area contributed by atoms with Crippen LogP contribution in [-0.4, -0.2) is 16.8 Å². The van der Waals surface area contributed by atoms with Gasteiger partial charge in [0, 0.05) is 30.8 Å². The van der Waals surface area contributed by atoms with E-state index < -0.39 is 11.8 Å². The second-order valence-corrected chi connectivity index (χ2v) is 6.46. The third kappa shape index (κ3) is 3.55. The van der Waals surface area contributed by atoms with Crippen molar-refractivity contribution in [2.24, 2.45) is 0 Å². The molecule has 1 aromatic heterocycles. The molecule has 0 aliphatic heterocycles. The third-order valence-corrected chi connectivity index (χ3v) is 4.58. The Morgan fingerprint density at radius 1 is 1.42 bits per heavy atom. The van der Waals surface area contributed by atoms with E-state index in [0.29, 0.717) is 23.7 Å². The summed E-state index contributed by atoms with van der Waals surface area (Å²) in [5.74, 6) is -2.89. The van der Waals surface area contributed by atoms with Crippen LogP contribution < -0.4 is 0 Å². The maximum absolute atomic E-state index is 15.0. The van der Waals surface area contributed by atoms with Crippen LogP contribution >= 0.6 is 0 Å². The van der Waals surface area contributed by atoms with E-state index in [2.05, 4.69) is 4.98 Å². The summed E-state index contributed by atoms with van der Waals surface area (Å²) in [6.07, 6.45) is 4.25. The van der Waals surface area contributed by atoms with Crippen LogP contribution in [0.25, 0.3) is 10.9 Å². The minimum Gasteiger partial charge on any atom is -0.428 e. The highest BCUT2D eigenvalue weighted by Gasteiger charge is 2.40. The first-order valence-corrected chi connectivity index (χ1v) is 8.46. The molecule has 0 radical (unpaired) electrons. The van der Waals surface area contributed by atoms with Crippen molar-refractivity contribution in [3.8, 4) is 0 Å². The molecule has 2 unspecified atom stereocenters. The Morgan fingerprint density at radius 2 is 2.25 bits per heavy atom. The van der Waals surface area contributed by atoms with E-state index in [1.54, 1.807) is 12.3 Å². The van der Waals surface area contributed by atoms with Crippen molar-refractivity contribution < 1.29 is 18.3 Å². The van der Waals surface area contributed by atoms with Crippen LogP contribution in [-0.2, 0) is 9.53 Å². The average molecular weight is 333 g/mol. The van der Waals surface area contributed by atoms with E-state index in [4.69, 9.17) is 4.74 Å². The van der Waals surface area contributed by atoms with Gasteiger partial charge in [0.15, 0.2) is 0 Å². The van der Waals surface area contributed by atoms with Crippen molar-refractivity contribution >= 4 is 16.9 Å². The van der Waals surface area contributed by atoms with E-state index in [1.807, 2.05) is 13.0 Å². The zero-order valence-electron chi connectivity index (χ0n) is 13.7. The molecule has 0 amide bonds. The molecule has 1 aliphatic rings. The highest BCUT2D eigenvalue weighted by atomic mass is 19.2. The predicted molar refractivity (Wildman–Crippen MR) is 87.7 cm³/mol. The standard InChI is InChI=1S/C19H21F2NO2/c1-2-4-18(23)24-19(21)9-3-5-13(12-19)15-8-10-22-17-7-6-14(20)11-16(15)17/h6-8,10-11,13H,2-5,9,12H2,1H3. The molecule has 2 atom stereocenters. The Labute approximate surface area is 140 Å². The van der Waals surface area contributed by atoms with Gasteiger partial charge in [0.25, 0.3) is 5.85 Å². The molecule has 1 fully saturated rings. The summed E-state index contributed by atoms with van der Waals surface area (Å²) >= 11 is 0. The lowest BCUT2D eigenvalue weighted by Gasteiger charge is -2.34. The molecule has 3 rings (SSSR count). The van der Waals surface area contributed by atoms with E-state index in [-0.39, 0.29) is 31.0 Å². The summed E-state index contributed by atoms with van der Waals surface area (Å²) < 4.78 is 33.8. The summed E-state index contributed by atoms with van der Waals surface area (Å²) in [5, 5.41) is 0.701. The van der Waals surface area contributed by atoms with Crippen LogP contribution in [0.3, 0.4) is 0 Å². The molecule has 1 saturated carbocycles. The number of hydrogen-bond acceptors (Lipinski definition) is 3. The van der Waals surface area contributed by atoms with Crippen molar-refractivity contribution in [1.82, 2.24) is 4.98 Å². The zero-order chi connectivity index (χ0) is 17.2. The van der Waals surface area contributed by atoms with Gasteiger partial charge in [-0.25, -0.2) is 4.39 Å². The SMILES string of the molecule is CCCC(=O)OC1(F)CCCC(c2ccnc3ccc(F)cc23)C1. The number of pyridine rings is 1. The molecule has 2 aromatic rings. The fraction of sp³-hybridized carbons (Fsp3) is 0.474. The van der Waals surface area contributed by atoms with Crippen molar-refractivity contribution in [1.29, 1.82) is 0 Å². The summed E-state index contributed by atoms with van der Waals surface area (Å²) in [7, 11) is 0. The fourth-order valence-corrected chi connectivity index (χ4v) is 3.50. The quantitative estimate of drug-likeness (QED) is 0.736. The van der Waals surface area contributed by atoms with Crippen molar-refractivity contribution in [3.05, 3.63) is 41.8 Å². The second kappa shape index (κ2) is 6.83. The molecule has 1 heterocycles. The van der Waals surface area contributed by atoms with Crippen LogP contribution in [0, 0.1) is 5.82 Å². The van der Waals surface area contributed by atoms with Crippen molar-refractivity contribution in [3.63, 3.8) is 0 Å². The number of aromatic nitrogens is 1. The maximum Gasteiger partial charge on any atom is 0.308 e. The Morgan fingerprint density at radius 3 is 3.04 bits per heavy atom. The number of hydrogen-bond donors (Lipinski definition) is 0. The molecule has 1 aromatic carbocycles. The summed E-state index contributed by atoms with van der Waals surface area (Å²) in [4.78, 5) is 15.9. The van der Waals surface area contributed by atoms with Gasteiger partial charge in [-0.2, -0.15) is 4.39 Å². The Kier molecular flexibility index (Phi) is 4.78. The van der Waals surface area contributed by atoms with Gasteiger partial charge in [-0.1, -0.05) is 6.92 Å². The largest absolute Gasteiger partial charge is 0.428 e. The van der Waals surface area contributed by atoms with Crippen molar-refractivity contribution in [2.45, 2.75) is 57.2 Å². The highest BCUT2D eigenvalue weighted by molar-refractivity contribution is 5.82. The first-order chi connectivity index (χ1) is 11.5. The van der Waals surface area contributed by atoms with E-state index >= 15 is 4.39 Å². The maximum atomic E-state index is 15.0. The van der Waals surface area contributed by atoms with Crippen LogP contribution in [0.15, 0.2) is 30.5 Å². The minimum atomic E-state index is -1.93. The Hall–Kier alpha value is -2.04. The average Bonchev–Trinajstić information content (AvgIpc) is 2.54. The molecule has 24 heavy (non-hydrogen) atoms. The number of rotatable bonds is 4. The predicted octanol–water partition coefficient (Wildman–Crippen LogP) is 5.04. The zero-order valence-corrected chi connectivity index (χ0v) is 13.7. The van der Waals surface area contributed by atoms with E-state index in [9.17, 15) is 9.18 Å². The van der Waals surface area contributed by atoms with Crippen LogP contribution in [0.1, 0.15) is 56.9 Å². The number of ether oxygens (including phenoxy) is 1. The van der Waals surface area contributed by atoms with Gasteiger partial charge in [0.2, 0.25) is 0 Å². The molecular formula is C19H21F2NO2. The number of carbonyl (C=O) groups excluding carboxylic acids is 1.